The minimum absolute atomic E-state index is 0.0817. The Morgan fingerprint density at radius 3 is 2.76 bits per heavy atom. The third-order valence-corrected chi connectivity index (χ3v) is 3.85. The number of anilines is 1. The van der Waals surface area contributed by atoms with Gasteiger partial charge in [-0.25, -0.2) is 0 Å². The summed E-state index contributed by atoms with van der Waals surface area (Å²) in [5.41, 5.74) is 7.81. The van der Waals surface area contributed by atoms with Crippen LogP contribution in [0.4, 0.5) is 5.69 Å². The van der Waals surface area contributed by atoms with E-state index in [0.717, 1.165) is 43.9 Å². The lowest BCUT2D eigenvalue weighted by atomic mass is 10.1. The molecule has 3 N–H and O–H groups in total. The number of para-hydroxylation sites is 1. The van der Waals surface area contributed by atoms with Crippen molar-refractivity contribution in [2.24, 2.45) is 0 Å². The van der Waals surface area contributed by atoms with Gasteiger partial charge in [-0.15, -0.1) is 0 Å². The van der Waals surface area contributed by atoms with Crippen LogP contribution in [0.1, 0.15) is 25.3 Å². The maximum atomic E-state index is 12.1. The van der Waals surface area contributed by atoms with Crippen molar-refractivity contribution < 1.29 is 9.53 Å². The minimum atomic E-state index is 0.0817. The van der Waals surface area contributed by atoms with Gasteiger partial charge >= 0.3 is 0 Å². The fourth-order valence-electron chi connectivity index (χ4n) is 2.52. The number of nitrogens with zero attached hydrogens (tertiary/aromatic N) is 1. The van der Waals surface area contributed by atoms with Crippen molar-refractivity contribution in [3.05, 3.63) is 29.8 Å². The number of likely N-dealkylation sites (N-methyl/N-ethyl adjacent to an activating group) is 1. The molecule has 1 aliphatic heterocycles. The van der Waals surface area contributed by atoms with Gasteiger partial charge in [0, 0.05) is 31.5 Å². The number of hydrogen-bond acceptors (Lipinski definition) is 4. The van der Waals surface area contributed by atoms with Gasteiger partial charge in [-0.3, -0.25) is 9.69 Å². The molecular formula is C16H25N3O2. The second-order valence-corrected chi connectivity index (χ2v) is 5.46. The number of nitrogens with two attached hydrogens (primary N) is 1. The summed E-state index contributed by atoms with van der Waals surface area (Å²) in [6.45, 7) is 5.45. The molecule has 0 aliphatic carbocycles. The molecule has 1 aromatic carbocycles. The first-order valence-corrected chi connectivity index (χ1v) is 7.62. The van der Waals surface area contributed by atoms with E-state index in [4.69, 9.17) is 10.5 Å². The fourth-order valence-corrected chi connectivity index (χ4v) is 2.52. The van der Waals surface area contributed by atoms with Gasteiger partial charge in [0.05, 0.1) is 6.54 Å². The lowest BCUT2D eigenvalue weighted by molar-refractivity contribution is -0.123. The highest BCUT2D eigenvalue weighted by Gasteiger charge is 2.17. The van der Waals surface area contributed by atoms with Gasteiger partial charge in [-0.2, -0.15) is 0 Å². The van der Waals surface area contributed by atoms with Crippen LogP contribution in [0.5, 0.6) is 0 Å². The van der Waals surface area contributed by atoms with Gasteiger partial charge in [-0.05, 0) is 31.0 Å². The number of rotatable bonds is 6. The summed E-state index contributed by atoms with van der Waals surface area (Å²) in [6, 6.07) is 8.06. The molecule has 116 valence electrons. The van der Waals surface area contributed by atoms with E-state index in [1.165, 1.54) is 0 Å². The molecule has 21 heavy (non-hydrogen) atoms. The summed E-state index contributed by atoms with van der Waals surface area (Å²) in [5, 5.41) is 3.09. The van der Waals surface area contributed by atoms with E-state index in [-0.39, 0.29) is 11.9 Å². The number of nitrogens with one attached hydrogen (secondary N) is 1. The summed E-state index contributed by atoms with van der Waals surface area (Å²) in [6.07, 6.45) is 1.81. The molecule has 2 rings (SSSR count). The normalized spacial score (nSPS) is 16.1. The Kier molecular flexibility index (Phi) is 6.02. The van der Waals surface area contributed by atoms with E-state index in [1.807, 2.05) is 24.3 Å². The number of nitrogen functional groups attached to an aromatic ring is 1. The van der Waals surface area contributed by atoms with Crippen LogP contribution in [0.3, 0.4) is 0 Å². The smallest absolute Gasteiger partial charge is 0.234 e. The van der Waals surface area contributed by atoms with E-state index < -0.39 is 0 Å². The molecule has 1 fully saturated rings. The van der Waals surface area contributed by atoms with Crippen LogP contribution in [0.15, 0.2) is 24.3 Å². The molecule has 5 heteroatoms. The van der Waals surface area contributed by atoms with Crippen molar-refractivity contribution in [1.82, 2.24) is 10.2 Å². The number of ether oxygens (including phenoxy) is 1. The molecule has 0 radical (unpaired) electrons. The summed E-state index contributed by atoms with van der Waals surface area (Å²) in [4.78, 5) is 14.2. The van der Waals surface area contributed by atoms with Crippen molar-refractivity contribution >= 4 is 11.6 Å². The second-order valence-electron chi connectivity index (χ2n) is 5.46. The van der Waals surface area contributed by atoms with Gasteiger partial charge in [0.15, 0.2) is 0 Å². The van der Waals surface area contributed by atoms with Gasteiger partial charge in [-0.1, -0.05) is 25.1 Å². The van der Waals surface area contributed by atoms with Crippen molar-refractivity contribution in [3.63, 3.8) is 0 Å². The molecule has 1 aliphatic rings. The largest absolute Gasteiger partial charge is 0.398 e. The highest BCUT2D eigenvalue weighted by molar-refractivity contribution is 5.78. The summed E-state index contributed by atoms with van der Waals surface area (Å²) < 4.78 is 5.30. The molecular weight excluding hydrogens is 266 g/mol. The second kappa shape index (κ2) is 8.00. The lowest BCUT2D eigenvalue weighted by Gasteiger charge is -2.25. The number of benzene rings is 1. The van der Waals surface area contributed by atoms with E-state index >= 15 is 0 Å². The fraction of sp³-hybridized carbons (Fsp3) is 0.562. The highest BCUT2D eigenvalue weighted by atomic mass is 16.5. The summed E-state index contributed by atoms with van der Waals surface area (Å²) >= 11 is 0. The Morgan fingerprint density at radius 2 is 2.10 bits per heavy atom. The molecule has 0 atom stereocenters. The van der Waals surface area contributed by atoms with E-state index in [0.29, 0.717) is 13.1 Å². The van der Waals surface area contributed by atoms with Crippen molar-refractivity contribution in [2.75, 3.05) is 32.0 Å². The number of carbonyl (C=O) groups is 1. The molecule has 1 amide bonds. The monoisotopic (exact) mass is 291 g/mol. The minimum Gasteiger partial charge on any atom is -0.398 e. The predicted molar refractivity (Wildman–Crippen MR) is 83.8 cm³/mol. The molecule has 0 spiro atoms. The molecule has 0 unspecified atom stereocenters. The molecule has 0 aromatic heterocycles. The zero-order valence-corrected chi connectivity index (χ0v) is 12.7. The van der Waals surface area contributed by atoms with Crippen molar-refractivity contribution in [1.29, 1.82) is 0 Å². The third kappa shape index (κ3) is 5.02. The quantitative estimate of drug-likeness (QED) is 0.777. The summed E-state index contributed by atoms with van der Waals surface area (Å²) in [5.74, 6) is 0.0817. The standard InChI is InChI=1S/C16H25N3O2/c1-2-19(11-13-5-3-4-6-15(13)17)12-16(20)18-14-7-9-21-10-8-14/h3-6,14H,2,7-12,17H2,1H3,(H,18,20). The Bertz CT molecular complexity index is 459. The van der Waals surface area contributed by atoms with Crippen LogP contribution in [0.2, 0.25) is 0 Å². The van der Waals surface area contributed by atoms with Gasteiger partial charge in [0.1, 0.15) is 0 Å². The SMILES string of the molecule is CCN(CC(=O)NC1CCOCC1)Cc1ccccc1N. The average molecular weight is 291 g/mol. The topological polar surface area (TPSA) is 67.6 Å². The number of amides is 1. The molecule has 0 saturated carbocycles. The first-order chi connectivity index (χ1) is 10.2. The van der Waals surface area contributed by atoms with Crippen LogP contribution in [-0.2, 0) is 16.1 Å². The first kappa shape index (κ1) is 15.8. The van der Waals surface area contributed by atoms with Crippen molar-refractivity contribution in [3.8, 4) is 0 Å². The average Bonchev–Trinajstić information content (AvgIpc) is 2.49. The molecule has 1 aromatic rings. The Hall–Kier alpha value is -1.59. The predicted octanol–water partition coefficient (Wildman–Crippen LogP) is 1.39. The Labute approximate surface area is 126 Å². The van der Waals surface area contributed by atoms with Crippen LogP contribution < -0.4 is 11.1 Å². The van der Waals surface area contributed by atoms with Crippen LogP contribution in [-0.4, -0.2) is 43.2 Å². The van der Waals surface area contributed by atoms with Crippen LogP contribution in [0, 0.1) is 0 Å². The van der Waals surface area contributed by atoms with Gasteiger partial charge < -0.3 is 15.8 Å². The van der Waals surface area contributed by atoms with E-state index in [2.05, 4.69) is 17.1 Å². The van der Waals surface area contributed by atoms with E-state index in [1.54, 1.807) is 0 Å². The number of hydrogen-bond donors (Lipinski definition) is 2. The van der Waals surface area contributed by atoms with Gasteiger partial charge in [0.2, 0.25) is 5.91 Å². The Balaban J connectivity index is 1.83. The summed E-state index contributed by atoms with van der Waals surface area (Å²) in [7, 11) is 0. The maximum absolute atomic E-state index is 12.1. The lowest BCUT2D eigenvalue weighted by Crippen LogP contribution is -2.44. The number of carbonyl (C=O) groups excluding carboxylic acids is 1. The molecule has 1 heterocycles. The molecule has 0 bridgehead atoms. The molecule has 5 nitrogen and oxygen atoms in total. The van der Waals surface area contributed by atoms with Crippen LogP contribution in [0.25, 0.3) is 0 Å². The van der Waals surface area contributed by atoms with Crippen LogP contribution >= 0.6 is 0 Å². The highest BCUT2D eigenvalue weighted by Crippen LogP contribution is 2.13. The zero-order chi connectivity index (χ0) is 15.1. The first-order valence-electron chi connectivity index (χ1n) is 7.62. The van der Waals surface area contributed by atoms with Gasteiger partial charge in [0.25, 0.3) is 0 Å². The molecule has 1 saturated heterocycles. The van der Waals surface area contributed by atoms with Crippen molar-refractivity contribution in [2.45, 2.75) is 32.4 Å². The maximum Gasteiger partial charge on any atom is 0.234 e. The Morgan fingerprint density at radius 1 is 1.38 bits per heavy atom. The third-order valence-electron chi connectivity index (χ3n) is 3.85. The zero-order valence-electron chi connectivity index (χ0n) is 12.7. The van der Waals surface area contributed by atoms with E-state index in [9.17, 15) is 4.79 Å².